The minimum Gasteiger partial charge on any atom is -2.00 e. The van der Waals surface area contributed by atoms with Gasteiger partial charge in [-0.05, 0) is 0 Å². The van der Waals surface area contributed by atoms with Crippen LogP contribution in [0.2, 0.25) is 0 Å². The van der Waals surface area contributed by atoms with E-state index in [2.05, 4.69) is 0 Å². The van der Waals surface area contributed by atoms with Crippen molar-refractivity contribution in [2.45, 2.75) is 0 Å². The first kappa shape index (κ1) is 66.3. The molecule has 0 aromatic rings. The van der Waals surface area contributed by atoms with E-state index in [9.17, 15) is 0 Å². The van der Waals surface area contributed by atoms with E-state index >= 15 is 0 Å². The van der Waals surface area contributed by atoms with Gasteiger partial charge in [-0.1, -0.05) is 0 Å². The largest absolute Gasteiger partial charge is 4.00 e. The minimum absolute atomic E-state index is 0. The molecule has 0 N–H and O–H groups in total. The molecular formula is O2TiVW. The molecule has 5 heteroatoms. The molecule has 0 atom stereocenters. The van der Waals surface area contributed by atoms with Crippen LogP contribution in [0.15, 0.2) is 0 Å². The molecule has 27 valence electrons. The van der Waals surface area contributed by atoms with Crippen LogP contribution in [0.4, 0.5) is 0 Å². The zero-order valence-electron chi connectivity index (χ0n) is 2.17. The van der Waals surface area contributed by atoms with Gasteiger partial charge in [-0.2, -0.15) is 0 Å². The maximum atomic E-state index is 0. The van der Waals surface area contributed by atoms with Gasteiger partial charge in [-0.25, -0.2) is 0 Å². The van der Waals surface area contributed by atoms with E-state index in [0.29, 0.717) is 0 Å². The molecule has 0 fully saturated rings. The summed E-state index contributed by atoms with van der Waals surface area (Å²) >= 11 is 0. The third kappa shape index (κ3) is 24.8. The molecule has 1 radical (unpaired) electrons. The Balaban J connectivity index is 0. The SMILES string of the molecule is [O-2].[O-2].[Ti+4].[V].[W]. The summed E-state index contributed by atoms with van der Waals surface area (Å²) in [4.78, 5) is 0. The fraction of sp³-hybridized carbons (Fsp3) is 0. The molecule has 0 saturated heterocycles. The molecule has 0 aliphatic rings. The molecule has 5 heavy (non-hydrogen) atoms. The molecular weight excluding hydrogens is 315 g/mol. The molecule has 0 saturated carbocycles. The molecule has 0 aliphatic heterocycles. The van der Waals surface area contributed by atoms with Crippen LogP contribution in [0, 0.1) is 0 Å². The van der Waals surface area contributed by atoms with E-state index in [1.807, 2.05) is 0 Å². The van der Waals surface area contributed by atoms with Gasteiger partial charge in [-0.3, -0.25) is 0 Å². The minimum atomic E-state index is 0. The van der Waals surface area contributed by atoms with Gasteiger partial charge >= 0.3 is 21.7 Å². The molecule has 0 heterocycles. The van der Waals surface area contributed by atoms with Crippen molar-refractivity contribution in [2.75, 3.05) is 0 Å². The van der Waals surface area contributed by atoms with E-state index in [0.717, 1.165) is 0 Å². The Labute approximate surface area is 71.7 Å². The Hall–Kier alpha value is 1.91. The third-order valence-corrected chi connectivity index (χ3v) is 0. The van der Waals surface area contributed by atoms with Crippen LogP contribution in [0.1, 0.15) is 0 Å². The Morgan fingerprint density at radius 3 is 0.800 bits per heavy atom. The molecule has 0 aromatic heterocycles. The van der Waals surface area contributed by atoms with Gasteiger partial charge in [0.15, 0.2) is 0 Å². The summed E-state index contributed by atoms with van der Waals surface area (Å²) in [6.45, 7) is 0. The maximum absolute atomic E-state index is 0. The molecule has 0 aliphatic carbocycles. The monoisotopic (exact) mass is 315 g/mol. The van der Waals surface area contributed by atoms with Gasteiger partial charge in [-0.15, -0.1) is 0 Å². The first-order chi connectivity index (χ1) is 0. The summed E-state index contributed by atoms with van der Waals surface area (Å²) in [5.74, 6) is 0. The van der Waals surface area contributed by atoms with Crippen LogP contribution in [-0.4, -0.2) is 0 Å². The standard InChI is InChI=1S/2O.Ti.V.W/q2*-2;+4;;. The normalized spacial score (nSPS) is 0. The third-order valence-electron chi connectivity index (χ3n) is 0. The van der Waals surface area contributed by atoms with Gasteiger partial charge in [0.2, 0.25) is 0 Å². The summed E-state index contributed by atoms with van der Waals surface area (Å²) in [6, 6.07) is 0. The second-order valence-corrected chi connectivity index (χ2v) is 0. The molecule has 0 amide bonds. The predicted molar refractivity (Wildman–Crippen MR) is 1.37 cm³/mol. The number of hydrogen-bond donors (Lipinski definition) is 0. The average Bonchev–Trinajstić information content (AvgIpc) is 0. The Bertz CT molecular complexity index is 9.61. The van der Waals surface area contributed by atoms with Crippen molar-refractivity contribution in [1.29, 1.82) is 0 Å². The average molecular weight is 315 g/mol. The van der Waals surface area contributed by atoms with Crippen molar-refractivity contribution < 1.29 is 72.3 Å². The first-order valence-corrected chi connectivity index (χ1v) is 0. The summed E-state index contributed by atoms with van der Waals surface area (Å²) in [5, 5.41) is 0. The Morgan fingerprint density at radius 2 is 0.800 bits per heavy atom. The topological polar surface area (TPSA) is 57.0 Å². The number of rotatable bonds is 0. The van der Waals surface area contributed by atoms with Crippen LogP contribution in [0.25, 0.3) is 0 Å². The fourth-order valence-corrected chi connectivity index (χ4v) is 0. The van der Waals surface area contributed by atoms with Crippen molar-refractivity contribution in [3.8, 4) is 0 Å². The van der Waals surface area contributed by atoms with E-state index in [1.165, 1.54) is 0 Å². The summed E-state index contributed by atoms with van der Waals surface area (Å²) < 4.78 is 0. The Morgan fingerprint density at radius 1 is 0.800 bits per heavy atom. The Kier molecular flexibility index (Phi) is 518. The van der Waals surface area contributed by atoms with Gasteiger partial charge in [0.25, 0.3) is 0 Å². The molecule has 0 rings (SSSR count). The van der Waals surface area contributed by atoms with Crippen LogP contribution in [0.5, 0.6) is 0 Å². The van der Waals surface area contributed by atoms with Crippen molar-refractivity contribution in [3.63, 3.8) is 0 Å². The van der Waals surface area contributed by atoms with E-state index < -0.39 is 0 Å². The molecule has 2 nitrogen and oxygen atoms in total. The fourth-order valence-electron chi connectivity index (χ4n) is 0. The van der Waals surface area contributed by atoms with Crippen LogP contribution in [0.3, 0.4) is 0 Å². The summed E-state index contributed by atoms with van der Waals surface area (Å²) in [6.07, 6.45) is 0. The van der Waals surface area contributed by atoms with Crippen molar-refractivity contribution in [1.82, 2.24) is 0 Å². The summed E-state index contributed by atoms with van der Waals surface area (Å²) in [5.41, 5.74) is 0. The van der Waals surface area contributed by atoms with Crippen molar-refractivity contribution in [3.05, 3.63) is 0 Å². The summed E-state index contributed by atoms with van der Waals surface area (Å²) in [7, 11) is 0. The maximum Gasteiger partial charge on any atom is 4.00 e. The van der Waals surface area contributed by atoms with Crippen LogP contribution >= 0.6 is 0 Å². The van der Waals surface area contributed by atoms with Gasteiger partial charge < -0.3 is 11.0 Å². The molecule has 0 spiro atoms. The zero-order valence-corrected chi connectivity index (χ0v) is 8.06. The second kappa shape index (κ2) is 39.1. The molecule has 0 unspecified atom stereocenters. The van der Waals surface area contributed by atoms with E-state index in [1.54, 1.807) is 0 Å². The van der Waals surface area contributed by atoms with E-state index in [-0.39, 0.29) is 72.3 Å². The van der Waals surface area contributed by atoms with Gasteiger partial charge in [0.1, 0.15) is 0 Å². The van der Waals surface area contributed by atoms with Crippen molar-refractivity contribution >= 4 is 0 Å². The number of hydrogen-bond acceptors (Lipinski definition) is 0. The molecule has 0 bridgehead atoms. The van der Waals surface area contributed by atoms with Crippen molar-refractivity contribution in [2.24, 2.45) is 0 Å². The van der Waals surface area contributed by atoms with Gasteiger partial charge in [0, 0.05) is 39.6 Å². The second-order valence-electron chi connectivity index (χ2n) is 0. The zero-order chi connectivity index (χ0) is 0. The quantitative estimate of drug-likeness (QED) is 0.554. The molecule has 0 aromatic carbocycles. The smallest absolute Gasteiger partial charge is 2.00 e. The van der Waals surface area contributed by atoms with Crippen LogP contribution < -0.4 is 0 Å². The van der Waals surface area contributed by atoms with Gasteiger partial charge in [0.05, 0.1) is 0 Å². The van der Waals surface area contributed by atoms with E-state index in [4.69, 9.17) is 0 Å². The first-order valence-electron chi connectivity index (χ1n) is 0. The van der Waals surface area contributed by atoms with Crippen LogP contribution in [-0.2, 0) is 72.3 Å². The predicted octanol–water partition coefficient (Wildman–Crippen LogP) is -0.245.